The summed E-state index contributed by atoms with van der Waals surface area (Å²) in [6.45, 7) is 6.09. The molecule has 1 aliphatic carbocycles. The summed E-state index contributed by atoms with van der Waals surface area (Å²) < 4.78 is 5.77. The zero-order chi connectivity index (χ0) is 19.8. The number of benzene rings is 2. The number of hydrogen-bond donors (Lipinski definition) is 2. The second-order valence-electron chi connectivity index (χ2n) is 8.57. The SMILES string of the molecule is CCOc1ccc2[nH]c3c(c2c1)CC(C1CC(c2ccccc2)=CCN1)CC3C. The van der Waals surface area contributed by atoms with Crippen molar-refractivity contribution in [2.75, 3.05) is 13.2 Å². The van der Waals surface area contributed by atoms with Gasteiger partial charge in [-0.05, 0) is 72.9 Å². The second-order valence-corrected chi connectivity index (χ2v) is 8.57. The predicted octanol–water partition coefficient (Wildman–Crippen LogP) is 5.68. The Bertz CT molecular complexity index is 1030. The van der Waals surface area contributed by atoms with E-state index in [1.807, 2.05) is 6.92 Å². The van der Waals surface area contributed by atoms with E-state index in [4.69, 9.17) is 4.74 Å². The second kappa shape index (κ2) is 7.72. The molecule has 2 aromatic carbocycles. The van der Waals surface area contributed by atoms with E-state index in [2.05, 4.69) is 71.8 Å². The highest BCUT2D eigenvalue weighted by Gasteiger charge is 2.33. The Kier molecular flexibility index (Phi) is 4.92. The molecule has 0 spiro atoms. The number of rotatable bonds is 4. The standard InChI is InChI=1S/C26H30N2O/c1-3-29-21-9-10-24-22(16-21)23-14-20(13-17(2)26(23)28-24)25-15-19(11-12-27-25)18-7-5-4-6-8-18/h4-11,16-17,20,25,27-28H,3,12-15H2,1-2H3. The molecule has 2 heterocycles. The van der Waals surface area contributed by atoms with Gasteiger partial charge in [0.15, 0.2) is 0 Å². The minimum atomic E-state index is 0.533. The molecule has 3 aromatic rings. The molecular formula is C26H30N2O. The van der Waals surface area contributed by atoms with Crippen LogP contribution in [0, 0.1) is 5.92 Å². The molecule has 3 atom stereocenters. The third-order valence-electron chi connectivity index (χ3n) is 6.72. The molecule has 0 amide bonds. The van der Waals surface area contributed by atoms with Crippen LogP contribution < -0.4 is 10.1 Å². The summed E-state index contributed by atoms with van der Waals surface area (Å²) in [5, 5.41) is 5.15. The largest absolute Gasteiger partial charge is 0.494 e. The van der Waals surface area contributed by atoms with E-state index < -0.39 is 0 Å². The molecule has 3 unspecified atom stereocenters. The first kappa shape index (κ1) is 18.5. The van der Waals surface area contributed by atoms with Crippen LogP contribution in [0.3, 0.4) is 0 Å². The summed E-state index contributed by atoms with van der Waals surface area (Å²) in [5.74, 6) is 2.18. The van der Waals surface area contributed by atoms with Crippen molar-refractivity contribution in [2.24, 2.45) is 5.92 Å². The highest BCUT2D eigenvalue weighted by molar-refractivity contribution is 5.86. The summed E-state index contributed by atoms with van der Waals surface area (Å²) in [4.78, 5) is 3.71. The van der Waals surface area contributed by atoms with Crippen LogP contribution in [0.25, 0.3) is 16.5 Å². The predicted molar refractivity (Wildman–Crippen MR) is 121 cm³/mol. The van der Waals surface area contributed by atoms with Gasteiger partial charge in [-0.25, -0.2) is 0 Å². The van der Waals surface area contributed by atoms with Crippen molar-refractivity contribution >= 4 is 16.5 Å². The summed E-state index contributed by atoms with van der Waals surface area (Å²) in [6.07, 6.45) is 5.85. The molecule has 29 heavy (non-hydrogen) atoms. The van der Waals surface area contributed by atoms with E-state index in [0.29, 0.717) is 24.5 Å². The number of ether oxygens (including phenoxy) is 1. The molecule has 3 heteroatoms. The average Bonchev–Trinajstić information content (AvgIpc) is 3.13. The van der Waals surface area contributed by atoms with Crippen molar-refractivity contribution in [1.82, 2.24) is 10.3 Å². The zero-order valence-corrected chi connectivity index (χ0v) is 17.4. The number of aromatic amines is 1. The molecule has 0 bridgehead atoms. The third kappa shape index (κ3) is 3.49. The lowest BCUT2D eigenvalue weighted by Gasteiger charge is -2.36. The molecule has 5 rings (SSSR count). The van der Waals surface area contributed by atoms with Gasteiger partial charge in [-0.2, -0.15) is 0 Å². The van der Waals surface area contributed by atoms with Crippen LogP contribution in [-0.4, -0.2) is 24.2 Å². The monoisotopic (exact) mass is 386 g/mol. The van der Waals surface area contributed by atoms with E-state index in [9.17, 15) is 0 Å². The number of fused-ring (bicyclic) bond motifs is 3. The van der Waals surface area contributed by atoms with Gasteiger partial charge >= 0.3 is 0 Å². The van der Waals surface area contributed by atoms with Gasteiger partial charge in [0, 0.05) is 29.2 Å². The van der Waals surface area contributed by atoms with Crippen LogP contribution in [0.15, 0.2) is 54.6 Å². The van der Waals surface area contributed by atoms with Gasteiger partial charge in [0.05, 0.1) is 6.61 Å². The van der Waals surface area contributed by atoms with Gasteiger partial charge in [-0.15, -0.1) is 0 Å². The molecule has 3 nitrogen and oxygen atoms in total. The van der Waals surface area contributed by atoms with Crippen LogP contribution in [-0.2, 0) is 6.42 Å². The maximum absolute atomic E-state index is 5.77. The van der Waals surface area contributed by atoms with Crippen LogP contribution >= 0.6 is 0 Å². The van der Waals surface area contributed by atoms with Crippen molar-refractivity contribution in [3.63, 3.8) is 0 Å². The van der Waals surface area contributed by atoms with Crippen LogP contribution in [0.4, 0.5) is 0 Å². The Morgan fingerprint density at radius 1 is 1.07 bits per heavy atom. The van der Waals surface area contributed by atoms with E-state index in [-0.39, 0.29) is 0 Å². The Labute approximate surface area is 173 Å². The van der Waals surface area contributed by atoms with E-state index in [0.717, 1.165) is 25.1 Å². The van der Waals surface area contributed by atoms with E-state index in [1.165, 1.54) is 39.7 Å². The fourth-order valence-corrected chi connectivity index (χ4v) is 5.32. The molecule has 0 fully saturated rings. The molecule has 2 aliphatic rings. The summed E-state index contributed by atoms with van der Waals surface area (Å²) in [5.41, 5.74) is 7.04. The van der Waals surface area contributed by atoms with Gasteiger partial charge in [0.25, 0.3) is 0 Å². The van der Waals surface area contributed by atoms with Crippen LogP contribution in [0.2, 0.25) is 0 Å². The molecule has 2 N–H and O–H groups in total. The minimum Gasteiger partial charge on any atom is -0.494 e. The lowest BCUT2D eigenvalue weighted by Crippen LogP contribution is -2.41. The van der Waals surface area contributed by atoms with E-state index >= 15 is 0 Å². The summed E-state index contributed by atoms with van der Waals surface area (Å²) in [6, 6.07) is 17.9. The third-order valence-corrected chi connectivity index (χ3v) is 6.72. The smallest absolute Gasteiger partial charge is 0.120 e. The first-order valence-corrected chi connectivity index (χ1v) is 11.0. The van der Waals surface area contributed by atoms with Gasteiger partial charge in [0.2, 0.25) is 0 Å². The molecule has 150 valence electrons. The maximum atomic E-state index is 5.77. The normalized spacial score (nSPS) is 24.2. The first-order valence-electron chi connectivity index (χ1n) is 11.0. The van der Waals surface area contributed by atoms with Gasteiger partial charge in [-0.1, -0.05) is 43.3 Å². The van der Waals surface area contributed by atoms with Crippen LogP contribution in [0.1, 0.15) is 49.4 Å². The number of aromatic nitrogens is 1. The lowest BCUT2D eigenvalue weighted by molar-refractivity contribution is 0.306. The fraction of sp³-hybridized carbons (Fsp3) is 0.385. The van der Waals surface area contributed by atoms with E-state index in [1.54, 1.807) is 0 Å². The molecule has 1 aromatic heterocycles. The Morgan fingerprint density at radius 2 is 1.93 bits per heavy atom. The van der Waals surface area contributed by atoms with Crippen molar-refractivity contribution in [3.05, 3.63) is 71.4 Å². The van der Waals surface area contributed by atoms with Gasteiger partial charge < -0.3 is 15.0 Å². The Balaban J connectivity index is 1.42. The quantitative estimate of drug-likeness (QED) is 0.605. The van der Waals surface area contributed by atoms with Crippen molar-refractivity contribution in [2.45, 2.75) is 45.1 Å². The summed E-state index contributed by atoms with van der Waals surface area (Å²) >= 11 is 0. The molecular weight excluding hydrogens is 356 g/mol. The van der Waals surface area contributed by atoms with Crippen molar-refractivity contribution < 1.29 is 4.74 Å². The lowest BCUT2D eigenvalue weighted by atomic mass is 9.74. The highest BCUT2D eigenvalue weighted by Crippen LogP contribution is 2.42. The van der Waals surface area contributed by atoms with Gasteiger partial charge in [-0.3, -0.25) is 0 Å². The average molecular weight is 387 g/mol. The molecule has 1 aliphatic heterocycles. The van der Waals surface area contributed by atoms with Crippen molar-refractivity contribution in [3.8, 4) is 5.75 Å². The highest BCUT2D eigenvalue weighted by atomic mass is 16.5. The molecule has 0 saturated carbocycles. The zero-order valence-electron chi connectivity index (χ0n) is 17.4. The van der Waals surface area contributed by atoms with Crippen LogP contribution in [0.5, 0.6) is 5.75 Å². The summed E-state index contributed by atoms with van der Waals surface area (Å²) in [7, 11) is 0. The minimum absolute atomic E-state index is 0.533. The Morgan fingerprint density at radius 3 is 2.76 bits per heavy atom. The number of nitrogens with one attached hydrogen (secondary N) is 2. The number of hydrogen-bond acceptors (Lipinski definition) is 2. The molecule has 0 radical (unpaired) electrons. The fourth-order valence-electron chi connectivity index (χ4n) is 5.32. The molecule has 0 saturated heterocycles. The topological polar surface area (TPSA) is 37.0 Å². The maximum Gasteiger partial charge on any atom is 0.120 e. The van der Waals surface area contributed by atoms with Gasteiger partial charge in [0.1, 0.15) is 5.75 Å². The Hall–Kier alpha value is -2.52. The first-order chi connectivity index (χ1) is 14.2. The van der Waals surface area contributed by atoms with Crippen molar-refractivity contribution in [1.29, 1.82) is 0 Å². The number of H-pyrrole nitrogens is 1.